The normalized spacial score (nSPS) is 10.1. The quantitative estimate of drug-likeness (QED) is 0.842. The van der Waals surface area contributed by atoms with Crippen molar-refractivity contribution >= 4 is 40.7 Å². The molecule has 114 valence electrons. The topological polar surface area (TPSA) is 58.2 Å². The van der Waals surface area contributed by atoms with E-state index in [1.807, 2.05) is 13.0 Å². The van der Waals surface area contributed by atoms with Gasteiger partial charge in [0, 0.05) is 22.3 Å². The zero-order valence-corrected chi connectivity index (χ0v) is 13.3. The van der Waals surface area contributed by atoms with Gasteiger partial charge >= 0.3 is 11.8 Å². The lowest BCUT2D eigenvalue weighted by molar-refractivity contribution is -0.136. The van der Waals surface area contributed by atoms with Crippen LogP contribution in [-0.2, 0) is 16.1 Å². The molecule has 2 N–H and O–H groups in total. The Balaban J connectivity index is 1.93. The van der Waals surface area contributed by atoms with Gasteiger partial charge in [-0.3, -0.25) is 9.59 Å². The van der Waals surface area contributed by atoms with Gasteiger partial charge in [0.1, 0.15) is 0 Å². The van der Waals surface area contributed by atoms with E-state index in [9.17, 15) is 9.59 Å². The Kier molecular flexibility index (Phi) is 5.41. The number of amides is 2. The van der Waals surface area contributed by atoms with Crippen molar-refractivity contribution in [2.24, 2.45) is 0 Å². The van der Waals surface area contributed by atoms with E-state index in [2.05, 4.69) is 10.6 Å². The van der Waals surface area contributed by atoms with Crippen molar-refractivity contribution in [3.8, 4) is 0 Å². The highest BCUT2D eigenvalue weighted by Crippen LogP contribution is 2.20. The Hall–Kier alpha value is -2.04. The van der Waals surface area contributed by atoms with Crippen LogP contribution in [0.25, 0.3) is 0 Å². The molecule has 0 fully saturated rings. The third-order valence-electron chi connectivity index (χ3n) is 3.03. The molecule has 0 spiro atoms. The van der Waals surface area contributed by atoms with Crippen LogP contribution >= 0.6 is 23.2 Å². The van der Waals surface area contributed by atoms with E-state index in [0.717, 1.165) is 11.1 Å². The fraction of sp³-hybridized carbons (Fsp3) is 0.125. The molecular formula is C16H14Cl2N2O2. The highest BCUT2D eigenvalue weighted by atomic mass is 35.5. The molecule has 0 aliphatic heterocycles. The van der Waals surface area contributed by atoms with Crippen LogP contribution in [0, 0.1) is 6.92 Å². The standard InChI is InChI=1S/C16H14Cl2N2O2/c1-10-6-7-12(8-14(10)18)20-16(22)15(21)19-9-11-4-2-3-5-13(11)17/h2-8H,9H2,1H3,(H,19,21)(H,20,22). The zero-order chi connectivity index (χ0) is 16.1. The first kappa shape index (κ1) is 16.3. The molecule has 0 aliphatic carbocycles. The number of rotatable bonds is 3. The Morgan fingerprint density at radius 3 is 2.41 bits per heavy atom. The van der Waals surface area contributed by atoms with E-state index >= 15 is 0 Å². The van der Waals surface area contributed by atoms with E-state index in [1.165, 1.54) is 0 Å². The molecule has 2 aromatic carbocycles. The summed E-state index contributed by atoms with van der Waals surface area (Å²) in [4.78, 5) is 23.6. The summed E-state index contributed by atoms with van der Waals surface area (Å²) >= 11 is 12.0. The molecule has 0 aliphatic rings. The number of hydrogen-bond acceptors (Lipinski definition) is 2. The van der Waals surface area contributed by atoms with E-state index in [1.54, 1.807) is 36.4 Å². The molecule has 0 aromatic heterocycles. The van der Waals surface area contributed by atoms with Gasteiger partial charge in [-0.2, -0.15) is 0 Å². The Labute approximate surface area is 138 Å². The summed E-state index contributed by atoms with van der Waals surface area (Å²) in [7, 11) is 0. The third-order valence-corrected chi connectivity index (χ3v) is 3.81. The van der Waals surface area contributed by atoms with Crippen molar-refractivity contribution < 1.29 is 9.59 Å². The lowest BCUT2D eigenvalue weighted by atomic mass is 10.2. The number of benzene rings is 2. The van der Waals surface area contributed by atoms with Gasteiger partial charge in [-0.05, 0) is 36.2 Å². The Morgan fingerprint density at radius 2 is 1.73 bits per heavy atom. The number of halogens is 2. The van der Waals surface area contributed by atoms with Crippen LogP contribution in [0.4, 0.5) is 5.69 Å². The molecule has 2 aromatic rings. The summed E-state index contributed by atoms with van der Waals surface area (Å²) < 4.78 is 0. The maximum absolute atomic E-state index is 11.8. The second-order valence-electron chi connectivity index (χ2n) is 4.69. The van der Waals surface area contributed by atoms with Crippen molar-refractivity contribution in [3.63, 3.8) is 0 Å². The van der Waals surface area contributed by atoms with Gasteiger partial charge in [-0.15, -0.1) is 0 Å². The van der Waals surface area contributed by atoms with E-state index in [4.69, 9.17) is 23.2 Å². The maximum atomic E-state index is 11.8. The van der Waals surface area contributed by atoms with Crippen molar-refractivity contribution in [1.29, 1.82) is 0 Å². The molecule has 0 unspecified atom stereocenters. The minimum atomic E-state index is -0.757. The fourth-order valence-electron chi connectivity index (χ4n) is 1.76. The SMILES string of the molecule is Cc1ccc(NC(=O)C(=O)NCc2ccccc2Cl)cc1Cl. The van der Waals surface area contributed by atoms with Gasteiger partial charge in [0.25, 0.3) is 0 Å². The highest BCUT2D eigenvalue weighted by Gasteiger charge is 2.14. The number of aryl methyl sites for hydroxylation is 1. The van der Waals surface area contributed by atoms with Crippen molar-refractivity contribution in [1.82, 2.24) is 5.32 Å². The van der Waals surface area contributed by atoms with Crippen molar-refractivity contribution in [3.05, 3.63) is 63.6 Å². The van der Waals surface area contributed by atoms with Crippen LogP contribution < -0.4 is 10.6 Å². The van der Waals surface area contributed by atoms with Crippen LogP contribution in [0.15, 0.2) is 42.5 Å². The van der Waals surface area contributed by atoms with Gasteiger partial charge in [0.2, 0.25) is 0 Å². The zero-order valence-electron chi connectivity index (χ0n) is 11.8. The molecule has 2 rings (SSSR count). The number of carbonyl (C=O) groups excluding carboxylic acids is 2. The molecule has 0 heterocycles. The maximum Gasteiger partial charge on any atom is 0.313 e. The molecule has 2 amide bonds. The van der Waals surface area contributed by atoms with E-state index < -0.39 is 11.8 Å². The molecule has 0 radical (unpaired) electrons. The molecule has 4 nitrogen and oxygen atoms in total. The van der Waals surface area contributed by atoms with Gasteiger partial charge in [-0.1, -0.05) is 47.5 Å². The highest BCUT2D eigenvalue weighted by molar-refractivity contribution is 6.40. The van der Waals surface area contributed by atoms with Crippen LogP contribution in [0.3, 0.4) is 0 Å². The minimum Gasteiger partial charge on any atom is -0.344 e. The monoisotopic (exact) mass is 336 g/mol. The average molecular weight is 337 g/mol. The Bertz CT molecular complexity index is 717. The second kappa shape index (κ2) is 7.29. The third kappa shape index (κ3) is 4.23. The summed E-state index contributed by atoms with van der Waals surface area (Å²) in [5, 5.41) is 6.07. The number of anilines is 1. The van der Waals surface area contributed by atoms with Crippen LogP contribution in [0.5, 0.6) is 0 Å². The Morgan fingerprint density at radius 1 is 1.00 bits per heavy atom. The molecule has 22 heavy (non-hydrogen) atoms. The fourth-order valence-corrected chi connectivity index (χ4v) is 2.14. The van der Waals surface area contributed by atoms with Gasteiger partial charge in [0.05, 0.1) is 0 Å². The van der Waals surface area contributed by atoms with E-state index in [0.29, 0.717) is 15.7 Å². The first-order valence-electron chi connectivity index (χ1n) is 6.56. The molecule has 0 atom stereocenters. The minimum absolute atomic E-state index is 0.181. The lowest BCUT2D eigenvalue weighted by Crippen LogP contribution is -2.35. The molecule has 0 saturated heterocycles. The lowest BCUT2D eigenvalue weighted by Gasteiger charge is -2.08. The van der Waals surface area contributed by atoms with Gasteiger partial charge < -0.3 is 10.6 Å². The summed E-state index contributed by atoms with van der Waals surface area (Å²) in [5.41, 5.74) is 2.10. The van der Waals surface area contributed by atoms with Gasteiger partial charge in [0.15, 0.2) is 0 Å². The summed E-state index contributed by atoms with van der Waals surface area (Å²) in [6.45, 7) is 2.03. The smallest absolute Gasteiger partial charge is 0.313 e. The molecule has 0 bridgehead atoms. The predicted molar refractivity (Wildman–Crippen MR) is 88.1 cm³/mol. The van der Waals surface area contributed by atoms with Crippen LogP contribution in [0.2, 0.25) is 10.0 Å². The average Bonchev–Trinajstić information content (AvgIpc) is 2.50. The molecule has 6 heteroatoms. The number of hydrogen-bond donors (Lipinski definition) is 2. The second-order valence-corrected chi connectivity index (χ2v) is 5.51. The largest absolute Gasteiger partial charge is 0.344 e. The van der Waals surface area contributed by atoms with Crippen LogP contribution in [-0.4, -0.2) is 11.8 Å². The van der Waals surface area contributed by atoms with Crippen molar-refractivity contribution in [2.75, 3.05) is 5.32 Å². The summed E-state index contributed by atoms with van der Waals surface area (Å²) in [6, 6.07) is 12.1. The summed E-state index contributed by atoms with van der Waals surface area (Å²) in [5.74, 6) is -1.50. The first-order chi connectivity index (χ1) is 10.5. The van der Waals surface area contributed by atoms with Crippen LogP contribution in [0.1, 0.15) is 11.1 Å². The predicted octanol–water partition coefficient (Wildman–Crippen LogP) is 3.56. The number of nitrogens with one attached hydrogen (secondary N) is 2. The number of carbonyl (C=O) groups is 2. The summed E-state index contributed by atoms with van der Waals surface area (Å²) in [6.07, 6.45) is 0. The molecule has 0 saturated carbocycles. The molecular weight excluding hydrogens is 323 g/mol. The van der Waals surface area contributed by atoms with Gasteiger partial charge in [-0.25, -0.2) is 0 Å². The van der Waals surface area contributed by atoms with Crippen molar-refractivity contribution in [2.45, 2.75) is 13.5 Å². The first-order valence-corrected chi connectivity index (χ1v) is 7.31. The van der Waals surface area contributed by atoms with E-state index in [-0.39, 0.29) is 6.54 Å².